The van der Waals surface area contributed by atoms with Crippen LogP contribution in [-0.2, 0) is 16.1 Å². The van der Waals surface area contributed by atoms with Crippen LogP contribution in [0.15, 0.2) is 30.3 Å². The van der Waals surface area contributed by atoms with Crippen molar-refractivity contribution in [3.05, 3.63) is 40.9 Å². The normalized spacial score (nSPS) is 10.4. The van der Waals surface area contributed by atoms with Crippen molar-refractivity contribution in [2.45, 2.75) is 13.5 Å². The number of carbonyl (C=O) groups is 1. The first kappa shape index (κ1) is 13.7. The molecule has 0 unspecified atom stereocenters. The first-order valence-electron chi connectivity index (χ1n) is 5.97. The number of ether oxygens (including phenoxy) is 2. The zero-order chi connectivity index (χ0) is 13.7. The van der Waals surface area contributed by atoms with Crippen molar-refractivity contribution in [1.82, 2.24) is 4.98 Å². The van der Waals surface area contributed by atoms with Gasteiger partial charge in [-0.25, -0.2) is 9.78 Å². The lowest BCUT2D eigenvalue weighted by Gasteiger charge is -2.00. The second-order valence-electron chi connectivity index (χ2n) is 3.81. The fourth-order valence-electron chi connectivity index (χ4n) is 1.64. The van der Waals surface area contributed by atoms with E-state index in [9.17, 15) is 4.79 Å². The number of methoxy groups -OCH3 is 1. The Bertz CT molecular complexity index is 551. The fourth-order valence-corrected chi connectivity index (χ4v) is 2.67. The van der Waals surface area contributed by atoms with E-state index < -0.39 is 5.97 Å². The first-order valence-corrected chi connectivity index (χ1v) is 6.79. The van der Waals surface area contributed by atoms with Crippen LogP contribution in [0.4, 0.5) is 0 Å². The summed E-state index contributed by atoms with van der Waals surface area (Å²) in [7, 11) is 1.59. The van der Waals surface area contributed by atoms with Gasteiger partial charge in [0, 0.05) is 12.7 Å². The molecule has 0 amide bonds. The number of hydrogen-bond acceptors (Lipinski definition) is 5. The van der Waals surface area contributed by atoms with Gasteiger partial charge in [-0.05, 0) is 6.92 Å². The van der Waals surface area contributed by atoms with Crippen LogP contribution in [0.5, 0.6) is 0 Å². The molecule has 19 heavy (non-hydrogen) atoms. The van der Waals surface area contributed by atoms with Crippen LogP contribution < -0.4 is 0 Å². The Balaban J connectivity index is 2.37. The second-order valence-corrected chi connectivity index (χ2v) is 4.89. The SMILES string of the molecule is CCOC(=O)c1nc(-c2ccccc2)sc1COC. The molecule has 0 N–H and O–H groups in total. The van der Waals surface area contributed by atoms with Crippen LogP contribution >= 0.6 is 11.3 Å². The van der Waals surface area contributed by atoms with Gasteiger partial charge in [0.1, 0.15) is 5.01 Å². The fraction of sp³-hybridized carbons (Fsp3) is 0.286. The van der Waals surface area contributed by atoms with Crippen molar-refractivity contribution >= 4 is 17.3 Å². The minimum atomic E-state index is -0.395. The molecule has 0 saturated heterocycles. The molecule has 0 aliphatic heterocycles. The van der Waals surface area contributed by atoms with Gasteiger partial charge in [0.15, 0.2) is 5.69 Å². The van der Waals surface area contributed by atoms with Gasteiger partial charge in [-0.2, -0.15) is 0 Å². The number of carbonyl (C=O) groups excluding carboxylic acids is 1. The molecule has 0 atom stereocenters. The van der Waals surface area contributed by atoms with E-state index >= 15 is 0 Å². The summed E-state index contributed by atoms with van der Waals surface area (Å²) in [6.07, 6.45) is 0. The predicted octanol–water partition coefficient (Wildman–Crippen LogP) is 3.13. The number of hydrogen-bond donors (Lipinski definition) is 0. The Hall–Kier alpha value is -1.72. The van der Waals surface area contributed by atoms with Crippen molar-refractivity contribution in [3.63, 3.8) is 0 Å². The summed E-state index contributed by atoms with van der Waals surface area (Å²) in [6.45, 7) is 2.47. The molecule has 0 aliphatic rings. The molecule has 100 valence electrons. The maximum absolute atomic E-state index is 11.9. The summed E-state index contributed by atoms with van der Waals surface area (Å²) < 4.78 is 10.1. The van der Waals surface area contributed by atoms with Crippen LogP contribution in [0.3, 0.4) is 0 Å². The monoisotopic (exact) mass is 277 g/mol. The third-order valence-electron chi connectivity index (χ3n) is 2.46. The number of rotatable bonds is 5. The molecule has 4 nitrogen and oxygen atoms in total. The van der Waals surface area contributed by atoms with E-state index in [0.717, 1.165) is 15.4 Å². The third kappa shape index (κ3) is 3.19. The van der Waals surface area contributed by atoms with Crippen molar-refractivity contribution < 1.29 is 14.3 Å². The summed E-state index contributed by atoms with van der Waals surface area (Å²) in [4.78, 5) is 17.0. The average molecular weight is 277 g/mol. The molecular formula is C14H15NO3S. The van der Waals surface area contributed by atoms with E-state index in [1.165, 1.54) is 11.3 Å². The molecule has 0 aliphatic carbocycles. The highest BCUT2D eigenvalue weighted by atomic mass is 32.1. The maximum atomic E-state index is 11.9. The molecule has 0 bridgehead atoms. The second kappa shape index (κ2) is 6.45. The zero-order valence-electron chi connectivity index (χ0n) is 10.9. The third-order valence-corrected chi connectivity index (χ3v) is 3.54. The van der Waals surface area contributed by atoms with Gasteiger partial charge in [-0.15, -0.1) is 11.3 Å². The van der Waals surface area contributed by atoms with Gasteiger partial charge in [-0.3, -0.25) is 0 Å². The van der Waals surface area contributed by atoms with E-state index in [1.807, 2.05) is 30.3 Å². The zero-order valence-corrected chi connectivity index (χ0v) is 11.7. The number of thiazole rings is 1. The number of nitrogens with zero attached hydrogens (tertiary/aromatic N) is 1. The quantitative estimate of drug-likeness (QED) is 0.788. The molecule has 5 heteroatoms. The van der Waals surface area contributed by atoms with E-state index in [-0.39, 0.29) is 0 Å². The largest absolute Gasteiger partial charge is 0.461 e. The van der Waals surface area contributed by atoms with Crippen molar-refractivity contribution in [1.29, 1.82) is 0 Å². The highest BCUT2D eigenvalue weighted by molar-refractivity contribution is 7.15. The van der Waals surface area contributed by atoms with Crippen molar-refractivity contribution in [2.75, 3.05) is 13.7 Å². The van der Waals surface area contributed by atoms with Gasteiger partial charge < -0.3 is 9.47 Å². The summed E-state index contributed by atoms with van der Waals surface area (Å²) in [5.41, 5.74) is 1.34. The van der Waals surface area contributed by atoms with E-state index in [1.54, 1.807) is 14.0 Å². The van der Waals surface area contributed by atoms with E-state index in [2.05, 4.69) is 4.98 Å². The van der Waals surface area contributed by atoms with Gasteiger partial charge in [0.25, 0.3) is 0 Å². The lowest BCUT2D eigenvalue weighted by atomic mass is 10.2. The minimum Gasteiger partial charge on any atom is -0.461 e. The Labute approximate surface area is 116 Å². The van der Waals surface area contributed by atoms with Gasteiger partial charge in [0.05, 0.1) is 18.1 Å². The number of aromatic nitrogens is 1. The molecule has 1 aromatic carbocycles. The van der Waals surface area contributed by atoms with Gasteiger partial charge in [-0.1, -0.05) is 30.3 Å². The summed E-state index contributed by atoms with van der Waals surface area (Å²) in [5.74, 6) is -0.395. The summed E-state index contributed by atoms with van der Waals surface area (Å²) >= 11 is 1.45. The topological polar surface area (TPSA) is 48.4 Å². The van der Waals surface area contributed by atoms with E-state index in [0.29, 0.717) is 18.9 Å². The summed E-state index contributed by atoms with van der Waals surface area (Å²) in [5, 5.41) is 0.802. The Morgan fingerprint density at radius 3 is 2.68 bits per heavy atom. The van der Waals surface area contributed by atoms with Gasteiger partial charge >= 0.3 is 5.97 Å². The van der Waals surface area contributed by atoms with Crippen LogP contribution in [0.25, 0.3) is 10.6 Å². The maximum Gasteiger partial charge on any atom is 0.358 e. The molecule has 0 spiro atoms. The Kier molecular flexibility index (Phi) is 4.65. The average Bonchev–Trinajstić information content (AvgIpc) is 2.85. The molecular weight excluding hydrogens is 262 g/mol. The van der Waals surface area contributed by atoms with Crippen molar-refractivity contribution in [3.8, 4) is 10.6 Å². The van der Waals surface area contributed by atoms with Gasteiger partial charge in [0.2, 0.25) is 0 Å². The number of esters is 1. The van der Waals surface area contributed by atoms with Crippen molar-refractivity contribution in [2.24, 2.45) is 0 Å². The van der Waals surface area contributed by atoms with Crippen LogP contribution in [-0.4, -0.2) is 24.7 Å². The van der Waals surface area contributed by atoms with Crippen LogP contribution in [0, 0.1) is 0 Å². The Morgan fingerprint density at radius 2 is 2.05 bits per heavy atom. The standard InChI is InChI=1S/C14H15NO3S/c1-3-18-14(16)12-11(9-17-2)19-13(15-12)10-7-5-4-6-8-10/h4-8H,3,9H2,1-2H3. The molecule has 1 aromatic heterocycles. The lowest BCUT2D eigenvalue weighted by molar-refractivity contribution is 0.0516. The summed E-state index contributed by atoms with van der Waals surface area (Å²) in [6, 6.07) is 9.75. The first-order chi connectivity index (χ1) is 9.26. The van der Waals surface area contributed by atoms with E-state index in [4.69, 9.17) is 9.47 Å². The van der Waals surface area contributed by atoms with Crippen LogP contribution in [0.2, 0.25) is 0 Å². The molecule has 0 fully saturated rings. The molecule has 2 rings (SSSR count). The highest BCUT2D eigenvalue weighted by Gasteiger charge is 2.19. The molecule has 2 aromatic rings. The molecule has 0 radical (unpaired) electrons. The minimum absolute atomic E-state index is 0.337. The predicted molar refractivity (Wildman–Crippen MR) is 74.2 cm³/mol. The number of benzene rings is 1. The van der Waals surface area contributed by atoms with Crippen LogP contribution in [0.1, 0.15) is 22.3 Å². The smallest absolute Gasteiger partial charge is 0.358 e. The molecule has 0 saturated carbocycles. The molecule has 1 heterocycles. The highest BCUT2D eigenvalue weighted by Crippen LogP contribution is 2.28. The Morgan fingerprint density at radius 1 is 1.32 bits per heavy atom. The lowest BCUT2D eigenvalue weighted by Crippen LogP contribution is -2.08.